The number of carbonyl (C=O) groups is 2. The predicted octanol–water partition coefficient (Wildman–Crippen LogP) is 0.119. The molecule has 1 fully saturated rings. The molecule has 0 saturated carbocycles. The molecule has 1 aliphatic heterocycles. The molecule has 1 aliphatic rings. The monoisotopic (exact) mass is 184 g/mol. The fourth-order valence-corrected chi connectivity index (χ4v) is 1.56. The summed E-state index contributed by atoms with van der Waals surface area (Å²) in [5.41, 5.74) is -0.896. The number of hydrogen-bond acceptors (Lipinski definition) is 4. The molecule has 1 heterocycles. The van der Waals surface area contributed by atoms with Crippen LogP contribution in [0.2, 0.25) is 0 Å². The van der Waals surface area contributed by atoms with Crippen LogP contribution in [0, 0.1) is 5.41 Å². The van der Waals surface area contributed by atoms with Crippen LogP contribution in [0.4, 0.5) is 0 Å². The number of ketones is 1. The fourth-order valence-electron chi connectivity index (χ4n) is 1.56. The highest BCUT2D eigenvalue weighted by molar-refractivity contribution is 6.00. The number of aldehydes is 1. The lowest BCUT2D eigenvalue weighted by Crippen LogP contribution is -2.46. The normalized spacial score (nSPS) is 24.7. The molecule has 0 aliphatic carbocycles. The number of rotatable bonds is 3. The van der Waals surface area contributed by atoms with Crippen LogP contribution in [0.25, 0.3) is 0 Å². The molecule has 4 nitrogen and oxygen atoms in total. The van der Waals surface area contributed by atoms with E-state index < -0.39 is 5.41 Å². The van der Waals surface area contributed by atoms with Crippen LogP contribution in [0.3, 0.4) is 0 Å². The molecule has 1 atom stereocenters. The standard InChI is InChI=1S/C9H16N2O2/c1-9(2,6-12)8(13)7-4-3-5-11(7)10/h6-7H,3-5,10H2,1-2H3. The van der Waals surface area contributed by atoms with Crippen LogP contribution in [0.5, 0.6) is 0 Å². The molecule has 1 unspecified atom stereocenters. The van der Waals surface area contributed by atoms with Crippen molar-refractivity contribution in [1.82, 2.24) is 5.01 Å². The highest BCUT2D eigenvalue weighted by atomic mass is 16.1. The zero-order valence-electron chi connectivity index (χ0n) is 8.12. The zero-order chi connectivity index (χ0) is 10.1. The summed E-state index contributed by atoms with van der Waals surface area (Å²) in [6, 6.07) is -0.264. The summed E-state index contributed by atoms with van der Waals surface area (Å²) in [5.74, 6) is 5.56. The molecule has 0 aromatic carbocycles. The van der Waals surface area contributed by atoms with Gasteiger partial charge in [0.25, 0.3) is 0 Å². The second kappa shape index (κ2) is 3.55. The Labute approximate surface area is 78.0 Å². The molecular weight excluding hydrogens is 168 g/mol. The number of carbonyl (C=O) groups excluding carboxylic acids is 2. The maximum absolute atomic E-state index is 11.8. The van der Waals surface area contributed by atoms with Crippen molar-refractivity contribution in [2.75, 3.05) is 6.54 Å². The van der Waals surface area contributed by atoms with Crippen molar-refractivity contribution in [3.8, 4) is 0 Å². The van der Waals surface area contributed by atoms with Gasteiger partial charge in [0.15, 0.2) is 5.78 Å². The Morgan fingerprint density at radius 3 is 2.62 bits per heavy atom. The fraction of sp³-hybridized carbons (Fsp3) is 0.778. The summed E-state index contributed by atoms with van der Waals surface area (Å²) < 4.78 is 0. The van der Waals surface area contributed by atoms with Crippen LogP contribution in [0.15, 0.2) is 0 Å². The summed E-state index contributed by atoms with van der Waals surface area (Å²) >= 11 is 0. The highest BCUT2D eigenvalue weighted by Crippen LogP contribution is 2.23. The minimum absolute atomic E-state index is 0.0671. The molecule has 13 heavy (non-hydrogen) atoms. The SMILES string of the molecule is CC(C)(C=O)C(=O)C1CCCN1N. The zero-order valence-corrected chi connectivity index (χ0v) is 8.12. The molecule has 0 bridgehead atoms. The van der Waals surface area contributed by atoms with E-state index in [1.54, 1.807) is 13.8 Å². The van der Waals surface area contributed by atoms with E-state index >= 15 is 0 Å². The maximum Gasteiger partial charge on any atom is 0.163 e. The molecule has 0 amide bonds. The van der Waals surface area contributed by atoms with E-state index in [0.717, 1.165) is 19.4 Å². The predicted molar refractivity (Wildman–Crippen MR) is 48.8 cm³/mol. The minimum Gasteiger partial charge on any atom is -0.302 e. The van der Waals surface area contributed by atoms with E-state index in [9.17, 15) is 9.59 Å². The van der Waals surface area contributed by atoms with Crippen molar-refractivity contribution in [3.05, 3.63) is 0 Å². The Morgan fingerprint density at radius 2 is 2.23 bits per heavy atom. The van der Waals surface area contributed by atoms with Gasteiger partial charge in [-0.05, 0) is 26.7 Å². The van der Waals surface area contributed by atoms with Gasteiger partial charge in [-0.3, -0.25) is 10.6 Å². The first-order valence-corrected chi connectivity index (χ1v) is 4.51. The molecule has 1 saturated heterocycles. The number of Topliss-reactive ketones (excluding diaryl/α,β-unsaturated/α-hetero) is 1. The van der Waals surface area contributed by atoms with Crippen LogP contribution < -0.4 is 5.84 Å². The third-order valence-electron chi connectivity index (χ3n) is 2.53. The van der Waals surface area contributed by atoms with Gasteiger partial charge in [0.05, 0.1) is 11.5 Å². The number of nitrogens with two attached hydrogens (primary N) is 1. The van der Waals surface area contributed by atoms with E-state index in [1.807, 2.05) is 0 Å². The molecule has 0 aromatic heterocycles. The van der Waals surface area contributed by atoms with Gasteiger partial charge in [0, 0.05) is 6.54 Å². The Bertz CT molecular complexity index is 226. The van der Waals surface area contributed by atoms with E-state index in [4.69, 9.17) is 5.84 Å². The van der Waals surface area contributed by atoms with Crippen molar-refractivity contribution in [3.63, 3.8) is 0 Å². The van der Waals surface area contributed by atoms with Gasteiger partial charge < -0.3 is 4.79 Å². The molecule has 2 N–H and O–H groups in total. The van der Waals surface area contributed by atoms with Crippen molar-refractivity contribution < 1.29 is 9.59 Å². The molecule has 1 rings (SSSR count). The van der Waals surface area contributed by atoms with Crippen molar-refractivity contribution in [1.29, 1.82) is 0 Å². The summed E-state index contributed by atoms with van der Waals surface area (Å²) in [5, 5.41) is 1.54. The van der Waals surface area contributed by atoms with Crippen LogP contribution in [0.1, 0.15) is 26.7 Å². The summed E-state index contributed by atoms with van der Waals surface area (Å²) in [6.45, 7) is 4.01. The lowest BCUT2D eigenvalue weighted by atomic mass is 9.85. The molecule has 4 heteroatoms. The number of hydrazine groups is 1. The van der Waals surface area contributed by atoms with E-state index in [1.165, 1.54) is 5.01 Å². The summed E-state index contributed by atoms with van der Waals surface area (Å²) in [4.78, 5) is 22.4. The maximum atomic E-state index is 11.8. The quantitative estimate of drug-likeness (QED) is 0.384. The Kier molecular flexibility index (Phi) is 2.83. The van der Waals surface area contributed by atoms with E-state index in [2.05, 4.69) is 0 Å². The first-order valence-electron chi connectivity index (χ1n) is 4.51. The smallest absolute Gasteiger partial charge is 0.163 e. The van der Waals surface area contributed by atoms with Crippen LogP contribution in [-0.4, -0.2) is 29.7 Å². The third kappa shape index (κ3) is 1.95. The highest BCUT2D eigenvalue weighted by Gasteiger charge is 2.37. The molecule has 0 aromatic rings. The summed E-state index contributed by atoms with van der Waals surface area (Å²) in [6.07, 6.45) is 2.40. The van der Waals surface area contributed by atoms with Gasteiger partial charge in [0.2, 0.25) is 0 Å². The van der Waals surface area contributed by atoms with E-state index in [0.29, 0.717) is 6.29 Å². The van der Waals surface area contributed by atoms with Gasteiger partial charge >= 0.3 is 0 Å². The van der Waals surface area contributed by atoms with Crippen molar-refractivity contribution in [2.24, 2.45) is 11.3 Å². The largest absolute Gasteiger partial charge is 0.302 e. The van der Waals surface area contributed by atoms with Gasteiger partial charge in [-0.25, -0.2) is 5.01 Å². The topological polar surface area (TPSA) is 63.4 Å². The Hall–Kier alpha value is -0.740. The van der Waals surface area contributed by atoms with Crippen molar-refractivity contribution >= 4 is 12.1 Å². The van der Waals surface area contributed by atoms with Crippen LogP contribution in [-0.2, 0) is 9.59 Å². The van der Waals surface area contributed by atoms with Gasteiger partial charge in [-0.15, -0.1) is 0 Å². The Balaban J connectivity index is 2.72. The average Bonchev–Trinajstić information content (AvgIpc) is 2.50. The van der Waals surface area contributed by atoms with Crippen LogP contribution >= 0.6 is 0 Å². The average molecular weight is 184 g/mol. The Morgan fingerprint density at radius 1 is 1.62 bits per heavy atom. The second-order valence-electron chi connectivity index (χ2n) is 4.10. The molecule has 0 radical (unpaired) electrons. The minimum atomic E-state index is -0.896. The lowest BCUT2D eigenvalue weighted by molar-refractivity contribution is -0.136. The third-order valence-corrected chi connectivity index (χ3v) is 2.53. The van der Waals surface area contributed by atoms with Crippen molar-refractivity contribution in [2.45, 2.75) is 32.7 Å². The summed E-state index contributed by atoms with van der Waals surface area (Å²) in [7, 11) is 0. The lowest BCUT2D eigenvalue weighted by Gasteiger charge is -2.24. The first kappa shape index (κ1) is 10.3. The molecule has 74 valence electrons. The van der Waals surface area contributed by atoms with Gasteiger partial charge in [-0.2, -0.15) is 0 Å². The second-order valence-corrected chi connectivity index (χ2v) is 4.10. The van der Waals surface area contributed by atoms with Gasteiger partial charge in [-0.1, -0.05) is 0 Å². The van der Waals surface area contributed by atoms with Gasteiger partial charge in [0.1, 0.15) is 6.29 Å². The number of hydrogen-bond donors (Lipinski definition) is 1. The van der Waals surface area contributed by atoms with E-state index in [-0.39, 0.29) is 11.8 Å². The molecular formula is C9H16N2O2. The molecule has 0 spiro atoms. The number of nitrogens with zero attached hydrogens (tertiary/aromatic N) is 1. The first-order chi connectivity index (χ1) is 5.99.